The molecule has 2 fully saturated rings. The fourth-order valence-electron chi connectivity index (χ4n) is 3.23. The van der Waals surface area contributed by atoms with E-state index in [2.05, 4.69) is 24.2 Å². The third kappa shape index (κ3) is 2.54. The fourth-order valence-corrected chi connectivity index (χ4v) is 3.23. The zero-order valence-corrected chi connectivity index (χ0v) is 10.4. The van der Waals surface area contributed by atoms with Gasteiger partial charge in [0.1, 0.15) is 0 Å². The first-order chi connectivity index (χ1) is 7.22. The summed E-state index contributed by atoms with van der Waals surface area (Å²) in [6, 6.07) is 0.863. The molecule has 2 heteroatoms. The second-order valence-electron chi connectivity index (χ2n) is 5.65. The van der Waals surface area contributed by atoms with Gasteiger partial charge in [0, 0.05) is 11.6 Å². The molecule has 0 unspecified atom stereocenters. The van der Waals surface area contributed by atoms with Crippen LogP contribution in [0.3, 0.4) is 0 Å². The molecule has 0 aromatic rings. The maximum atomic E-state index is 3.47. The van der Waals surface area contributed by atoms with Gasteiger partial charge in [-0.1, -0.05) is 19.3 Å². The maximum absolute atomic E-state index is 3.47. The monoisotopic (exact) mass is 210 g/mol. The van der Waals surface area contributed by atoms with E-state index in [1.165, 1.54) is 58.0 Å². The average Bonchev–Trinajstić information content (AvgIpc) is 2.30. The van der Waals surface area contributed by atoms with Crippen molar-refractivity contribution in [3.63, 3.8) is 0 Å². The summed E-state index contributed by atoms with van der Waals surface area (Å²) in [6.45, 7) is 4.86. The Bertz CT molecular complexity index is 191. The minimum Gasteiger partial charge on any atom is -0.317 e. The summed E-state index contributed by atoms with van der Waals surface area (Å²) >= 11 is 0. The molecule has 0 bridgehead atoms. The number of nitrogens with zero attached hydrogens (tertiary/aromatic N) is 1. The van der Waals surface area contributed by atoms with Crippen molar-refractivity contribution >= 4 is 0 Å². The first-order valence-corrected chi connectivity index (χ1v) is 6.66. The van der Waals surface area contributed by atoms with E-state index in [1.54, 1.807) is 0 Å². The lowest BCUT2D eigenvalue weighted by Gasteiger charge is -2.47. The van der Waals surface area contributed by atoms with Crippen LogP contribution in [0.15, 0.2) is 0 Å². The molecule has 1 N–H and O–H groups in total. The second-order valence-corrected chi connectivity index (χ2v) is 5.65. The molecule has 1 aliphatic heterocycles. The van der Waals surface area contributed by atoms with Gasteiger partial charge in [0.2, 0.25) is 0 Å². The van der Waals surface area contributed by atoms with Gasteiger partial charge in [-0.25, -0.2) is 0 Å². The molecule has 1 saturated carbocycles. The number of nitrogens with one attached hydrogen (secondary N) is 1. The van der Waals surface area contributed by atoms with Crippen molar-refractivity contribution in [3.05, 3.63) is 0 Å². The largest absolute Gasteiger partial charge is 0.317 e. The number of hydrogen-bond acceptors (Lipinski definition) is 2. The number of hydrogen-bond donors (Lipinski definition) is 1. The summed E-state index contributed by atoms with van der Waals surface area (Å²) in [5.74, 6) is 0. The smallest absolute Gasteiger partial charge is 0.0205 e. The van der Waals surface area contributed by atoms with Crippen molar-refractivity contribution in [1.82, 2.24) is 10.2 Å². The van der Waals surface area contributed by atoms with Crippen LogP contribution in [-0.2, 0) is 0 Å². The van der Waals surface area contributed by atoms with Crippen molar-refractivity contribution in [1.29, 1.82) is 0 Å². The van der Waals surface area contributed by atoms with Gasteiger partial charge < -0.3 is 5.32 Å². The molecular weight excluding hydrogens is 184 g/mol. The lowest BCUT2D eigenvalue weighted by Crippen LogP contribution is -2.54. The first-order valence-electron chi connectivity index (χ1n) is 6.66. The van der Waals surface area contributed by atoms with Crippen LogP contribution in [0, 0.1) is 0 Å². The topological polar surface area (TPSA) is 15.3 Å². The Labute approximate surface area is 94.4 Å². The molecular formula is C13H26N2. The van der Waals surface area contributed by atoms with Gasteiger partial charge in [0.15, 0.2) is 0 Å². The number of piperidine rings is 1. The highest BCUT2D eigenvalue weighted by Crippen LogP contribution is 2.31. The zero-order valence-electron chi connectivity index (χ0n) is 10.4. The summed E-state index contributed by atoms with van der Waals surface area (Å²) in [5.41, 5.74) is 0.466. The quantitative estimate of drug-likeness (QED) is 0.753. The highest BCUT2D eigenvalue weighted by molar-refractivity contribution is 4.92. The molecule has 1 heterocycles. The SMILES string of the molecule is CN(C1CCCCC1)C1(C)CCNCC1. The average molecular weight is 210 g/mol. The summed E-state index contributed by atoms with van der Waals surface area (Å²) in [7, 11) is 2.36. The minimum atomic E-state index is 0.466. The van der Waals surface area contributed by atoms with Crippen LogP contribution < -0.4 is 5.32 Å². The molecule has 2 nitrogen and oxygen atoms in total. The van der Waals surface area contributed by atoms with Gasteiger partial charge in [-0.15, -0.1) is 0 Å². The Kier molecular flexibility index (Phi) is 3.68. The van der Waals surface area contributed by atoms with E-state index < -0.39 is 0 Å². The Morgan fingerprint density at radius 3 is 2.27 bits per heavy atom. The molecule has 1 saturated heterocycles. The fraction of sp³-hybridized carbons (Fsp3) is 1.00. The van der Waals surface area contributed by atoms with Crippen molar-refractivity contribution in [2.75, 3.05) is 20.1 Å². The standard InChI is InChI=1S/C13H26N2/c1-13(8-10-14-11-9-13)15(2)12-6-4-3-5-7-12/h12,14H,3-11H2,1-2H3. The van der Waals surface area contributed by atoms with Crippen molar-refractivity contribution < 1.29 is 0 Å². The van der Waals surface area contributed by atoms with Crippen molar-refractivity contribution in [2.24, 2.45) is 0 Å². The third-order valence-corrected chi connectivity index (χ3v) is 4.65. The van der Waals surface area contributed by atoms with Crippen LogP contribution in [0.25, 0.3) is 0 Å². The molecule has 0 atom stereocenters. The molecule has 0 aromatic heterocycles. The lowest BCUT2D eigenvalue weighted by molar-refractivity contribution is 0.0412. The van der Waals surface area contributed by atoms with E-state index >= 15 is 0 Å². The van der Waals surface area contributed by atoms with Crippen LogP contribution in [0.5, 0.6) is 0 Å². The Morgan fingerprint density at radius 2 is 1.67 bits per heavy atom. The van der Waals surface area contributed by atoms with Gasteiger partial charge >= 0.3 is 0 Å². The minimum absolute atomic E-state index is 0.466. The van der Waals surface area contributed by atoms with Gasteiger partial charge in [-0.05, 0) is 52.7 Å². The Balaban J connectivity index is 1.94. The van der Waals surface area contributed by atoms with Crippen LogP contribution in [0.1, 0.15) is 51.9 Å². The zero-order chi connectivity index (χ0) is 10.7. The van der Waals surface area contributed by atoms with Gasteiger partial charge in [-0.3, -0.25) is 4.90 Å². The van der Waals surface area contributed by atoms with Crippen LogP contribution >= 0.6 is 0 Å². The lowest BCUT2D eigenvalue weighted by atomic mass is 9.84. The van der Waals surface area contributed by atoms with Crippen LogP contribution in [0.4, 0.5) is 0 Å². The Hall–Kier alpha value is -0.0800. The normalized spacial score (nSPS) is 28.2. The first kappa shape index (κ1) is 11.4. The highest BCUT2D eigenvalue weighted by atomic mass is 15.2. The summed E-state index contributed by atoms with van der Waals surface area (Å²) < 4.78 is 0. The van der Waals surface area contributed by atoms with E-state index in [0.717, 1.165) is 6.04 Å². The predicted octanol–water partition coefficient (Wildman–Crippen LogP) is 2.39. The van der Waals surface area contributed by atoms with Crippen LogP contribution in [-0.4, -0.2) is 36.6 Å². The van der Waals surface area contributed by atoms with E-state index in [4.69, 9.17) is 0 Å². The Morgan fingerprint density at radius 1 is 1.07 bits per heavy atom. The van der Waals surface area contributed by atoms with E-state index in [9.17, 15) is 0 Å². The molecule has 0 amide bonds. The van der Waals surface area contributed by atoms with Gasteiger partial charge in [-0.2, -0.15) is 0 Å². The van der Waals surface area contributed by atoms with Gasteiger partial charge in [0.05, 0.1) is 0 Å². The number of rotatable bonds is 2. The molecule has 88 valence electrons. The highest BCUT2D eigenvalue weighted by Gasteiger charge is 2.35. The summed E-state index contributed by atoms with van der Waals surface area (Å²) in [5, 5.41) is 3.47. The van der Waals surface area contributed by atoms with Crippen molar-refractivity contribution in [3.8, 4) is 0 Å². The molecule has 2 aliphatic rings. The van der Waals surface area contributed by atoms with E-state index in [1.807, 2.05) is 0 Å². The summed E-state index contributed by atoms with van der Waals surface area (Å²) in [6.07, 6.45) is 9.86. The summed E-state index contributed by atoms with van der Waals surface area (Å²) in [4.78, 5) is 2.70. The predicted molar refractivity (Wildman–Crippen MR) is 65.1 cm³/mol. The van der Waals surface area contributed by atoms with Crippen LogP contribution in [0.2, 0.25) is 0 Å². The molecule has 0 aromatic carbocycles. The molecule has 1 aliphatic carbocycles. The van der Waals surface area contributed by atoms with Gasteiger partial charge in [0.25, 0.3) is 0 Å². The maximum Gasteiger partial charge on any atom is 0.0205 e. The molecule has 15 heavy (non-hydrogen) atoms. The van der Waals surface area contributed by atoms with E-state index in [0.29, 0.717) is 5.54 Å². The molecule has 0 radical (unpaired) electrons. The molecule has 0 spiro atoms. The van der Waals surface area contributed by atoms with Crippen molar-refractivity contribution in [2.45, 2.75) is 63.5 Å². The third-order valence-electron chi connectivity index (χ3n) is 4.65. The van der Waals surface area contributed by atoms with E-state index in [-0.39, 0.29) is 0 Å². The molecule has 2 rings (SSSR count). The second kappa shape index (κ2) is 4.84.